The topological polar surface area (TPSA) is 60.8 Å². The lowest BCUT2D eigenvalue weighted by molar-refractivity contribution is 0.469. The van der Waals surface area contributed by atoms with E-state index in [0.29, 0.717) is 11.6 Å². The van der Waals surface area contributed by atoms with Gasteiger partial charge in [0.1, 0.15) is 12.1 Å². The number of ether oxygens (including phenoxy) is 1. The van der Waals surface area contributed by atoms with E-state index in [1.807, 2.05) is 36.4 Å². The van der Waals surface area contributed by atoms with Gasteiger partial charge in [0.05, 0.1) is 21.9 Å². The van der Waals surface area contributed by atoms with Crippen LogP contribution in [0, 0.1) is 0 Å². The molecule has 0 aliphatic heterocycles. The fourth-order valence-corrected chi connectivity index (χ4v) is 2.57. The van der Waals surface area contributed by atoms with Gasteiger partial charge in [-0.1, -0.05) is 15.9 Å². The second-order valence-corrected chi connectivity index (χ2v) is 5.56. The Hall–Kier alpha value is -2.60. The van der Waals surface area contributed by atoms with Crippen LogP contribution < -0.4 is 4.74 Å². The number of rotatable bonds is 2. The molecule has 22 heavy (non-hydrogen) atoms. The van der Waals surface area contributed by atoms with Crippen LogP contribution in [-0.4, -0.2) is 19.9 Å². The van der Waals surface area contributed by atoms with Gasteiger partial charge in [0.2, 0.25) is 5.88 Å². The first-order chi connectivity index (χ1) is 10.8. The van der Waals surface area contributed by atoms with Crippen LogP contribution in [0.3, 0.4) is 0 Å². The monoisotopic (exact) mass is 352 g/mol. The lowest BCUT2D eigenvalue weighted by Gasteiger charge is -2.08. The maximum Gasteiger partial charge on any atom is 0.230 e. The molecule has 0 aliphatic carbocycles. The molecule has 106 valence electrons. The van der Waals surface area contributed by atoms with Crippen LogP contribution in [0.1, 0.15) is 0 Å². The Balaban J connectivity index is 1.80. The Morgan fingerprint density at radius 2 is 1.59 bits per heavy atom. The van der Waals surface area contributed by atoms with Crippen LogP contribution in [0.25, 0.3) is 21.9 Å². The van der Waals surface area contributed by atoms with Crippen LogP contribution in [0.5, 0.6) is 11.6 Å². The van der Waals surface area contributed by atoms with E-state index in [1.165, 1.54) is 6.33 Å². The first-order valence-corrected chi connectivity index (χ1v) is 7.38. The highest BCUT2D eigenvalue weighted by atomic mass is 79.9. The van der Waals surface area contributed by atoms with Crippen molar-refractivity contribution in [2.45, 2.75) is 0 Å². The van der Waals surface area contributed by atoms with Gasteiger partial charge in [-0.25, -0.2) is 9.97 Å². The molecule has 4 rings (SSSR count). The molecule has 0 fully saturated rings. The predicted octanol–water partition coefficient (Wildman–Crippen LogP) is 4.13. The van der Waals surface area contributed by atoms with Crippen molar-refractivity contribution < 1.29 is 4.74 Å². The Morgan fingerprint density at radius 3 is 2.50 bits per heavy atom. The van der Waals surface area contributed by atoms with E-state index >= 15 is 0 Å². The predicted molar refractivity (Wildman–Crippen MR) is 86.9 cm³/mol. The molecule has 4 aromatic rings. The SMILES string of the molecule is Brc1ccc2ncnc(Oc3ccc4nccnc4c3)c2c1. The summed E-state index contributed by atoms with van der Waals surface area (Å²) in [5, 5.41) is 0.844. The number of nitrogens with zero attached hydrogens (tertiary/aromatic N) is 4. The standard InChI is InChI=1S/C16H9BrN4O/c17-10-1-3-13-12(7-10)16(21-9-20-13)22-11-2-4-14-15(8-11)19-6-5-18-14/h1-9H. The normalized spacial score (nSPS) is 11.0. The van der Waals surface area contributed by atoms with Gasteiger partial charge >= 0.3 is 0 Å². The summed E-state index contributed by atoms with van der Waals surface area (Å²) in [5.41, 5.74) is 2.43. The minimum Gasteiger partial charge on any atom is -0.438 e. The van der Waals surface area contributed by atoms with Gasteiger partial charge in [-0.2, -0.15) is 0 Å². The van der Waals surface area contributed by atoms with Gasteiger partial charge in [0, 0.05) is 22.9 Å². The average Bonchev–Trinajstić information content (AvgIpc) is 2.55. The summed E-state index contributed by atoms with van der Waals surface area (Å²) in [7, 11) is 0. The van der Waals surface area contributed by atoms with Crippen molar-refractivity contribution in [1.82, 2.24) is 19.9 Å². The average molecular weight is 353 g/mol. The van der Waals surface area contributed by atoms with Crippen molar-refractivity contribution in [3.63, 3.8) is 0 Å². The molecular weight excluding hydrogens is 344 g/mol. The second kappa shape index (κ2) is 5.31. The van der Waals surface area contributed by atoms with Gasteiger partial charge in [-0.05, 0) is 30.3 Å². The molecule has 0 atom stereocenters. The van der Waals surface area contributed by atoms with Crippen molar-refractivity contribution in [3.8, 4) is 11.6 Å². The number of hydrogen-bond acceptors (Lipinski definition) is 5. The number of halogens is 1. The molecule has 5 nitrogen and oxygen atoms in total. The molecule has 0 saturated carbocycles. The largest absolute Gasteiger partial charge is 0.438 e. The van der Waals surface area contributed by atoms with Gasteiger partial charge in [-0.3, -0.25) is 9.97 Å². The minimum atomic E-state index is 0.509. The third kappa shape index (κ3) is 2.37. The van der Waals surface area contributed by atoms with Gasteiger partial charge in [-0.15, -0.1) is 0 Å². The fourth-order valence-electron chi connectivity index (χ4n) is 2.20. The number of benzene rings is 2. The van der Waals surface area contributed by atoms with E-state index in [0.717, 1.165) is 26.4 Å². The zero-order chi connectivity index (χ0) is 14.9. The van der Waals surface area contributed by atoms with Gasteiger partial charge in [0.25, 0.3) is 0 Å². The first-order valence-electron chi connectivity index (χ1n) is 6.58. The molecule has 2 aromatic carbocycles. The summed E-state index contributed by atoms with van der Waals surface area (Å²) in [6.45, 7) is 0. The van der Waals surface area contributed by atoms with Crippen LogP contribution >= 0.6 is 15.9 Å². The number of fused-ring (bicyclic) bond motifs is 2. The van der Waals surface area contributed by atoms with Crippen molar-refractivity contribution in [1.29, 1.82) is 0 Å². The van der Waals surface area contributed by atoms with E-state index in [2.05, 4.69) is 35.9 Å². The molecule has 0 spiro atoms. The van der Waals surface area contributed by atoms with Crippen LogP contribution in [0.2, 0.25) is 0 Å². The first kappa shape index (κ1) is 13.1. The van der Waals surface area contributed by atoms with Crippen molar-refractivity contribution in [2.24, 2.45) is 0 Å². The molecule has 0 amide bonds. The third-order valence-electron chi connectivity index (χ3n) is 3.22. The number of hydrogen-bond donors (Lipinski definition) is 0. The zero-order valence-corrected chi connectivity index (χ0v) is 12.9. The van der Waals surface area contributed by atoms with E-state index < -0.39 is 0 Å². The third-order valence-corrected chi connectivity index (χ3v) is 3.71. The lowest BCUT2D eigenvalue weighted by Crippen LogP contribution is -1.92. The Kier molecular flexibility index (Phi) is 3.16. The fraction of sp³-hybridized carbons (Fsp3) is 0. The summed E-state index contributed by atoms with van der Waals surface area (Å²) < 4.78 is 6.86. The molecule has 0 saturated heterocycles. The Morgan fingerprint density at radius 1 is 0.773 bits per heavy atom. The molecule has 0 N–H and O–H groups in total. The molecule has 0 radical (unpaired) electrons. The van der Waals surface area contributed by atoms with Crippen molar-refractivity contribution >= 4 is 37.9 Å². The maximum absolute atomic E-state index is 5.92. The second-order valence-electron chi connectivity index (χ2n) is 4.65. The van der Waals surface area contributed by atoms with Gasteiger partial charge in [0.15, 0.2) is 0 Å². The van der Waals surface area contributed by atoms with Crippen LogP contribution in [-0.2, 0) is 0 Å². The summed E-state index contributed by atoms with van der Waals surface area (Å²) in [6.07, 6.45) is 4.81. The van der Waals surface area contributed by atoms with Crippen LogP contribution in [0.4, 0.5) is 0 Å². The van der Waals surface area contributed by atoms with E-state index in [4.69, 9.17) is 4.74 Å². The molecule has 0 bridgehead atoms. The Labute approximate surface area is 134 Å². The highest BCUT2D eigenvalue weighted by molar-refractivity contribution is 9.10. The molecule has 0 aliphatic rings. The zero-order valence-electron chi connectivity index (χ0n) is 11.3. The number of aromatic nitrogens is 4. The molecule has 2 aromatic heterocycles. The summed E-state index contributed by atoms with van der Waals surface area (Å²) in [4.78, 5) is 17.0. The Bertz CT molecular complexity index is 990. The molecule has 6 heteroatoms. The lowest BCUT2D eigenvalue weighted by atomic mass is 10.2. The van der Waals surface area contributed by atoms with E-state index in [-0.39, 0.29) is 0 Å². The summed E-state index contributed by atoms with van der Waals surface area (Å²) in [6, 6.07) is 11.4. The van der Waals surface area contributed by atoms with E-state index in [9.17, 15) is 0 Å². The highest BCUT2D eigenvalue weighted by Gasteiger charge is 2.07. The van der Waals surface area contributed by atoms with E-state index in [1.54, 1.807) is 12.4 Å². The van der Waals surface area contributed by atoms with Crippen molar-refractivity contribution in [2.75, 3.05) is 0 Å². The highest BCUT2D eigenvalue weighted by Crippen LogP contribution is 2.29. The van der Waals surface area contributed by atoms with Crippen LogP contribution in [0.15, 0.2) is 59.6 Å². The smallest absolute Gasteiger partial charge is 0.230 e. The molecule has 2 heterocycles. The minimum absolute atomic E-state index is 0.509. The quantitative estimate of drug-likeness (QED) is 0.542. The molecule has 0 unspecified atom stereocenters. The summed E-state index contributed by atoms with van der Waals surface area (Å²) in [5.74, 6) is 1.17. The van der Waals surface area contributed by atoms with Gasteiger partial charge < -0.3 is 4.74 Å². The summed E-state index contributed by atoms with van der Waals surface area (Å²) >= 11 is 3.46. The molecular formula is C16H9BrN4O. The van der Waals surface area contributed by atoms with Crippen molar-refractivity contribution in [3.05, 3.63) is 59.6 Å². The maximum atomic E-state index is 5.92.